The molecule has 0 atom stereocenters. The number of nitrogens with zero attached hydrogens (tertiary/aromatic N) is 1. The van der Waals surface area contributed by atoms with Crippen molar-refractivity contribution in [1.29, 1.82) is 0 Å². The van der Waals surface area contributed by atoms with E-state index in [9.17, 15) is 9.59 Å². The number of carbonyl (C=O) groups excluding carboxylic acids is 2. The molecule has 0 spiro atoms. The molecule has 0 aliphatic rings. The molecule has 0 aromatic heterocycles. The highest BCUT2D eigenvalue weighted by Gasteiger charge is 2.13. The maximum Gasteiger partial charge on any atom is 0.220 e. The summed E-state index contributed by atoms with van der Waals surface area (Å²) in [5, 5.41) is 5.90. The Balaban J connectivity index is 3.44. The molecule has 0 unspecified atom stereocenters. The van der Waals surface area contributed by atoms with Gasteiger partial charge in [0.2, 0.25) is 11.8 Å². The first-order valence-corrected chi connectivity index (χ1v) is 14.2. The molecule has 0 aliphatic heterocycles. The van der Waals surface area contributed by atoms with Crippen LogP contribution in [0.3, 0.4) is 0 Å². The van der Waals surface area contributed by atoms with Crippen LogP contribution in [0.15, 0.2) is 0 Å². The van der Waals surface area contributed by atoms with Gasteiger partial charge in [-0.05, 0) is 34.1 Å². The maximum absolute atomic E-state index is 12.0. The summed E-state index contributed by atoms with van der Waals surface area (Å²) in [6, 6.07) is 0.921. The molecule has 5 nitrogen and oxygen atoms in total. The van der Waals surface area contributed by atoms with Crippen molar-refractivity contribution in [2.75, 3.05) is 19.6 Å². The first-order valence-electron chi connectivity index (χ1n) is 14.2. The lowest BCUT2D eigenvalue weighted by Crippen LogP contribution is -2.42. The Morgan fingerprint density at radius 1 is 0.576 bits per heavy atom. The second kappa shape index (κ2) is 22.7. The standard InChI is InChI=1S/C28H57N3O2/c1-6-7-8-9-10-11-12-13-14-15-16-17-18-19-22-29-27(32)20-21-28(33)30-23-24-31(25(2)3)26(4)5/h25-26H,6-24H2,1-5H3,(H,29,32)(H,30,33). The zero-order chi connectivity index (χ0) is 24.7. The van der Waals surface area contributed by atoms with Crippen LogP contribution in [0, 0.1) is 0 Å². The van der Waals surface area contributed by atoms with Gasteiger partial charge in [0.1, 0.15) is 0 Å². The lowest BCUT2D eigenvalue weighted by molar-refractivity contribution is -0.126. The van der Waals surface area contributed by atoms with Crippen LogP contribution in [0.25, 0.3) is 0 Å². The number of nitrogens with one attached hydrogen (secondary N) is 2. The highest BCUT2D eigenvalue weighted by molar-refractivity contribution is 5.83. The van der Waals surface area contributed by atoms with E-state index in [0.717, 1.165) is 19.5 Å². The van der Waals surface area contributed by atoms with Gasteiger partial charge >= 0.3 is 0 Å². The van der Waals surface area contributed by atoms with Crippen molar-refractivity contribution < 1.29 is 9.59 Å². The van der Waals surface area contributed by atoms with Crippen LogP contribution >= 0.6 is 0 Å². The second-order valence-electron chi connectivity index (χ2n) is 10.2. The summed E-state index contributed by atoms with van der Waals surface area (Å²) in [5.41, 5.74) is 0. The fourth-order valence-corrected chi connectivity index (χ4v) is 4.39. The SMILES string of the molecule is CCCCCCCCCCCCCCCCNC(=O)CCC(=O)NCCN(C(C)C)C(C)C. The van der Waals surface area contributed by atoms with Crippen molar-refractivity contribution >= 4 is 11.8 Å². The summed E-state index contributed by atoms with van der Waals surface area (Å²) in [4.78, 5) is 26.3. The molecule has 0 saturated carbocycles. The fourth-order valence-electron chi connectivity index (χ4n) is 4.39. The van der Waals surface area contributed by atoms with Crippen molar-refractivity contribution in [3.05, 3.63) is 0 Å². The van der Waals surface area contributed by atoms with Crippen molar-refractivity contribution in [3.8, 4) is 0 Å². The number of carbonyl (C=O) groups is 2. The van der Waals surface area contributed by atoms with Crippen molar-refractivity contribution in [2.24, 2.45) is 0 Å². The predicted molar refractivity (Wildman–Crippen MR) is 143 cm³/mol. The fraction of sp³-hybridized carbons (Fsp3) is 0.929. The molecule has 2 amide bonds. The molecule has 0 bridgehead atoms. The van der Waals surface area contributed by atoms with Gasteiger partial charge in [-0.2, -0.15) is 0 Å². The van der Waals surface area contributed by atoms with E-state index in [1.54, 1.807) is 0 Å². The molecule has 0 aromatic carbocycles. The molecule has 0 rings (SSSR count). The largest absolute Gasteiger partial charge is 0.356 e. The van der Waals surface area contributed by atoms with E-state index in [2.05, 4.69) is 50.2 Å². The van der Waals surface area contributed by atoms with Crippen LogP contribution < -0.4 is 10.6 Å². The Morgan fingerprint density at radius 3 is 1.33 bits per heavy atom. The average molecular weight is 468 g/mol. The Kier molecular flexibility index (Phi) is 21.9. The summed E-state index contributed by atoms with van der Waals surface area (Å²) in [5.74, 6) is -0.0417. The van der Waals surface area contributed by atoms with E-state index in [0.29, 0.717) is 18.6 Å². The number of amides is 2. The molecule has 2 N–H and O–H groups in total. The molecule has 0 heterocycles. The van der Waals surface area contributed by atoms with E-state index < -0.39 is 0 Å². The van der Waals surface area contributed by atoms with Crippen LogP contribution in [0.4, 0.5) is 0 Å². The van der Waals surface area contributed by atoms with Gasteiger partial charge in [-0.1, -0.05) is 90.4 Å². The summed E-state index contributed by atoms with van der Waals surface area (Å²) >= 11 is 0. The van der Waals surface area contributed by atoms with Gasteiger partial charge in [-0.15, -0.1) is 0 Å². The molecule has 33 heavy (non-hydrogen) atoms. The summed E-state index contributed by atoms with van der Waals surface area (Å²) in [6.07, 6.45) is 19.3. The average Bonchev–Trinajstić information content (AvgIpc) is 2.77. The lowest BCUT2D eigenvalue weighted by Gasteiger charge is -2.30. The van der Waals surface area contributed by atoms with Gasteiger partial charge in [0.25, 0.3) is 0 Å². The molecule has 0 aromatic rings. The molecular weight excluding hydrogens is 410 g/mol. The highest BCUT2D eigenvalue weighted by atomic mass is 16.2. The number of hydrogen-bond acceptors (Lipinski definition) is 3. The van der Waals surface area contributed by atoms with E-state index in [-0.39, 0.29) is 24.7 Å². The smallest absolute Gasteiger partial charge is 0.220 e. The second-order valence-corrected chi connectivity index (χ2v) is 10.2. The van der Waals surface area contributed by atoms with Crippen LogP contribution in [0.5, 0.6) is 0 Å². The molecule has 5 heteroatoms. The normalized spacial score (nSPS) is 11.5. The first kappa shape index (κ1) is 31.9. The Labute approximate surface area is 206 Å². The Bertz CT molecular complexity index is 458. The van der Waals surface area contributed by atoms with Gasteiger partial charge in [0, 0.05) is 44.6 Å². The van der Waals surface area contributed by atoms with E-state index in [1.807, 2.05) is 0 Å². The number of unbranched alkanes of at least 4 members (excludes halogenated alkanes) is 13. The van der Waals surface area contributed by atoms with Gasteiger partial charge in [0.05, 0.1) is 0 Å². The molecule has 0 saturated heterocycles. The Morgan fingerprint density at radius 2 is 0.939 bits per heavy atom. The minimum absolute atomic E-state index is 0.00849. The third-order valence-electron chi connectivity index (χ3n) is 6.45. The summed E-state index contributed by atoms with van der Waals surface area (Å²) in [7, 11) is 0. The van der Waals surface area contributed by atoms with E-state index >= 15 is 0 Å². The topological polar surface area (TPSA) is 61.4 Å². The predicted octanol–water partition coefficient (Wildman–Crippen LogP) is 6.60. The van der Waals surface area contributed by atoms with Gasteiger partial charge < -0.3 is 10.6 Å². The van der Waals surface area contributed by atoms with Crippen molar-refractivity contribution in [2.45, 2.75) is 149 Å². The van der Waals surface area contributed by atoms with E-state index in [4.69, 9.17) is 0 Å². The molecule has 0 fully saturated rings. The monoisotopic (exact) mass is 467 g/mol. The summed E-state index contributed by atoms with van der Waals surface area (Å²) in [6.45, 7) is 13.2. The van der Waals surface area contributed by atoms with Crippen LogP contribution in [-0.2, 0) is 9.59 Å². The number of hydrogen-bond donors (Lipinski definition) is 2. The third kappa shape index (κ3) is 21.2. The number of rotatable bonds is 23. The lowest BCUT2D eigenvalue weighted by atomic mass is 10.0. The molecule has 0 radical (unpaired) electrons. The van der Waals surface area contributed by atoms with Gasteiger partial charge in [-0.25, -0.2) is 0 Å². The molecule has 0 aliphatic carbocycles. The quantitative estimate of drug-likeness (QED) is 0.166. The van der Waals surface area contributed by atoms with Crippen molar-refractivity contribution in [3.63, 3.8) is 0 Å². The van der Waals surface area contributed by atoms with Crippen LogP contribution in [0.1, 0.15) is 137 Å². The van der Waals surface area contributed by atoms with Crippen LogP contribution in [-0.4, -0.2) is 48.4 Å². The highest BCUT2D eigenvalue weighted by Crippen LogP contribution is 2.12. The minimum atomic E-state index is -0.0332. The van der Waals surface area contributed by atoms with Gasteiger partial charge in [-0.3, -0.25) is 14.5 Å². The first-order chi connectivity index (χ1) is 15.9. The van der Waals surface area contributed by atoms with Crippen LogP contribution in [0.2, 0.25) is 0 Å². The molecular formula is C28H57N3O2. The zero-order valence-electron chi connectivity index (χ0n) is 22.9. The zero-order valence-corrected chi connectivity index (χ0v) is 22.9. The van der Waals surface area contributed by atoms with Gasteiger partial charge in [0.15, 0.2) is 0 Å². The maximum atomic E-state index is 12.0. The third-order valence-corrected chi connectivity index (χ3v) is 6.45. The Hall–Kier alpha value is -1.10. The minimum Gasteiger partial charge on any atom is -0.356 e. The molecule has 196 valence electrons. The summed E-state index contributed by atoms with van der Waals surface area (Å²) < 4.78 is 0. The van der Waals surface area contributed by atoms with Crippen molar-refractivity contribution in [1.82, 2.24) is 15.5 Å². The van der Waals surface area contributed by atoms with E-state index in [1.165, 1.54) is 83.5 Å².